The standard InChI is InChI=1S/C18H12N4/c1-2-6-14-13(5-1)8-9-16(21-14)18-12-19-11-17(22-18)15-7-3-4-10-20-15/h1-12H. The fraction of sp³-hybridized carbons (Fsp3) is 0. The highest BCUT2D eigenvalue weighted by Crippen LogP contribution is 2.21. The van der Waals surface area contributed by atoms with Crippen LogP contribution in [0, 0.1) is 0 Å². The Kier molecular flexibility index (Phi) is 3.05. The van der Waals surface area contributed by atoms with Gasteiger partial charge >= 0.3 is 0 Å². The summed E-state index contributed by atoms with van der Waals surface area (Å²) in [6, 6.07) is 17.8. The molecule has 0 N–H and O–H groups in total. The van der Waals surface area contributed by atoms with Crippen molar-refractivity contribution >= 4 is 10.9 Å². The third-order valence-corrected chi connectivity index (χ3v) is 3.42. The van der Waals surface area contributed by atoms with Crippen molar-refractivity contribution < 1.29 is 0 Å². The molecule has 22 heavy (non-hydrogen) atoms. The largest absolute Gasteiger partial charge is 0.260 e. The van der Waals surface area contributed by atoms with Crippen molar-refractivity contribution in [3.63, 3.8) is 0 Å². The first-order valence-corrected chi connectivity index (χ1v) is 7.00. The van der Waals surface area contributed by atoms with Crippen LogP contribution in [0.5, 0.6) is 0 Å². The Morgan fingerprint density at radius 3 is 2.27 bits per heavy atom. The molecule has 0 spiro atoms. The van der Waals surface area contributed by atoms with E-state index in [0.717, 1.165) is 33.7 Å². The van der Waals surface area contributed by atoms with E-state index >= 15 is 0 Å². The number of fused-ring (bicyclic) bond motifs is 1. The molecule has 0 bridgehead atoms. The van der Waals surface area contributed by atoms with Crippen molar-refractivity contribution in [2.24, 2.45) is 0 Å². The van der Waals surface area contributed by atoms with E-state index in [9.17, 15) is 0 Å². The maximum absolute atomic E-state index is 4.66. The Hall–Kier alpha value is -3.14. The minimum atomic E-state index is 0.744. The van der Waals surface area contributed by atoms with Crippen LogP contribution >= 0.6 is 0 Å². The predicted octanol–water partition coefficient (Wildman–Crippen LogP) is 3.75. The van der Waals surface area contributed by atoms with Crippen LogP contribution in [0.15, 0.2) is 73.2 Å². The van der Waals surface area contributed by atoms with Gasteiger partial charge in [0.15, 0.2) is 0 Å². The molecular weight excluding hydrogens is 272 g/mol. The molecular formula is C18H12N4. The third-order valence-electron chi connectivity index (χ3n) is 3.42. The summed E-state index contributed by atoms with van der Waals surface area (Å²) in [6.07, 6.45) is 5.19. The van der Waals surface area contributed by atoms with Crippen molar-refractivity contribution in [1.82, 2.24) is 19.9 Å². The molecule has 104 valence electrons. The zero-order valence-electron chi connectivity index (χ0n) is 11.7. The summed E-state index contributed by atoms with van der Waals surface area (Å²) in [7, 11) is 0. The van der Waals surface area contributed by atoms with E-state index < -0.39 is 0 Å². The Labute approximate surface area is 127 Å². The molecule has 4 heteroatoms. The molecule has 0 saturated heterocycles. The molecule has 4 rings (SSSR count). The maximum atomic E-state index is 4.66. The summed E-state index contributed by atoms with van der Waals surface area (Å²) >= 11 is 0. The molecule has 0 aliphatic rings. The predicted molar refractivity (Wildman–Crippen MR) is 86.0 cm³/mol. The van der Waals surface area contributed by atoms with Gasteiger partial charge in [-0.2, -0.15) is 0 Å². The van der Waals surface area contributed by atoms with E-state index in [0.29, 0.717) is 0 Å². The van der Waals surface area contributed by atoms with Gasteiger partial charge in [-0.25, -0.2) is 9.97 Å². The molecule has 0 saturated carbocycles. The molecule has 3 aromatic heterocycles. The second-order valence-corrected chi connectivity index (χ2v) is 4.89. The Bertz CT molecular complexity index is 935. The van der Waals surface area contributed by atoms with Crippen molar-refractivity contribution in [2.45, 2.75) is 0 Å². The molecule has 0 radical (unpaired) electrons. The topological polar surface area (TPSA) is 51.6 Å². The summed E-state index contributed by atoms with van der Waals surface area (Å²) in [6.45, 7) is 0. The van der Waals surface area contributed by atoms with Crippen LogP contribution in [0.4, 0.5) is 0 Å². The van der Waals surface area contributed by atoms with Gasteiger partial charge in [-0.05, 0) is 24.3 Å². The molecule has 3 heterocycles. The van der Waals surface area contributed by atoms with E-state index in [-0.39, 0.29) is 0 Å². The minimum absolute atomic E-state index is 0.744. The van der Waals surface area contributed by atoms with Gasteiger partial charge in [0.25, 0.3) is 0 Å². The van der Waals surface area contributed by atoms with Gasteiger partial charge in [-0.15, -0.1) is 0 Å². The lowest BCUT2D eigenvalue weighted by Gasteiger charge is -2.04. The van der Waals surface area contributed by atoms with Gasteiger partial charge in [-0.1, -0.05) is 30.3 Å². The molecule has 4 aromatic rings. The van der Waals surface area contributed by atoms with Crippen LogP contribution in [0.1, 0.15) is 0 Å². The fourth-order valence-electron chi connectivity index (χ4n) is 2.34. The van der Waals surface area contributed by atoms with Crippen molar-refractivity contribution in [1.29, 1.82) is 0 Å². The Morgan fingerprint density at radius 1 is 0.591 bits per heavy atom. The van der Waals surface area contributed by atoms with Gasteiger partial charge in [0.2, 0.25) is 0 Å². The van der Waals surface area contributed by atoms with Crippen LogP contribution in [-0.2, 0) is 0 Å². The molecule has 4 nitrogen and oxygen atoms in total. The Balaban J connectivity index is 1.81. The minimum Gasteiger partial charge on any atom is -0.260 e. The lowest BCUT2D eigenvalue weighted by Crippen LogP contribution is -1.93. The number of hydrogen-bond acceptors (Lipinski definition) is 4. The zero-order valence-corrected chi connectivity index (χ0v) is 11.7. The first-order chi connectivity index (χ1) is 10.9. The fourth-order valence-corrected chi connectivity index (χ4v) is 2.34. The van der Waals surface area contributed by atoms with Crippen molar-refractivity contribution in [3.8, 4) is 22.8 Å². The first kappa shape index (κ1) is 12.6. The first-order valence-electron chi connectivity index (χ1n) is 7.00. The summed E-state index contributed by atoms with van der Waals surface area (Å²) in [5.74, 6) is 0. The molecule has 0 amide bonds. The second kappa shape index (κ2) is 5.33. The van der Waals surface area contributed by atoms with Crippen LogP contribution < -0.4 is 0 Å². The number of aromatic nitrogens is 4. The highest BCUT2D eigenvalue weighted by atomic mass is 14.9. The second-order valence-electron chi connectivity index (χ2n) is 4.89. The average molecular weight is 284 g/mol. The number of para-hydroxylation sites is 1. The van der Waals surface area contributed by atoms with Gasteiger partial charge in [0, 0.05) is 11.6 Å². The van der Waals surface area contributed by atoms with Crippen molar-refractivity contribution in [2.75, 3.05) is 0 Å². The monoisotopic (exact) mass is 284 g/mol. The van der Waals surface area contributed by atoms with E-state index in [1.807, 2.05) is 54.6 Å². The summed E-state index contributed by atoms with van der Waals surface area (Å²) in [5, 5.41) is 1.11. The smallest absolute Gasteiger partial charge is 0.108 e. The van der Waals surface area contributed by atoms with Crippen LogP contribution in [0.2, 0.25) is 0 Å². The molecule has 0 fully saturated rings. The van der Waals surface area contributed by atoms with Crippen LogP contribution in [0.3, 0.4) is 0 Å². The van der Waals surface area contributed by atoms with Gasteiger partial charge in [0.05, 0.1) is 29.3 Å². The number of nitrogens with zero attached hydrogens (tertiary/aromatic N) is 4. The van der Waals surface area contributed by atoms with Gasteiger partial charge < -0.3 is 0 Å². The van der Waals surface area contributed by atoms with Crippen LogP contribution in [0.25, 0.3) is 33.7 Å². The number of rotatable bonds is 2. The summed E-state index contributed by atoms with van der Waals surface area (Å²) in [5.41, 5.74) is 4.05. The van der Waals surface area contributed by atoms with Gasteiger partial charge in [0.1, 0.15) is 11.4 Å². The summed E-state index contributed by atoms with van der Waals surface area (Å²) in [4.78, 5) is 17.9. The lowest BCUT2D eigenvalue weighted by molar-refractivity contribution is 1.16. The molecule has 0 aliphatic carbocycles. The SMILES string of the molecule is c1ccc(-c2cncc(-c3ccc4ccccc4n3)n2)nc1. The number of pyridine rings is 2. The normalized spacial score (nSPS) is 10.7. The third kappa shape index (κ3) is 2.31. The summed E-state index contributed by atoms with van der Waals surface area (Å²) < 4.78 is 0. The Morgan fingerprint density at radius 2 is 1.41 bits per heavy atom. The zero-order chi connectivity index (χ0) is 14.8. The molecule has 0 atom stereocenters. The molecule has 1 aromatic carbocycles. The van der Waals surface area contributed by atoms with Gasteiger partial charge in [-0.3, -0.25) is 9.97 Å². The lowest BCUT2D eigenvalue weighted by atomic mass is 10.2. The highest BCUT2D eigenvalue weighted by Gasteiger charge is 2.06. The number of benzene rings is 1. The van der Waals surface area contributed by atoms with E-state index in [1.54, 1.807) is 18.6 Å². The van der Waals surface area contributed by atoms with E-state index in [2.05, 4.69) is 19.9 Å². The quantitative estimate of drug-likeness (QED) is 0.562. The van der Waals surface area contributed by atoms with Crippen molar-refractivity contribution in [3.05, 3.63) is 73.2 Å². The molecule has 0 unspecified atom stereocenters. The highest BCUT2D eigenvalue weighted by molar-refractivity contribution is 5.81. The molecule has 0 aliphatic heterocycles. The van der Waals surface area contributed by atoms with E-state index in [4.69, 9.17) is 0 Å². The van der Waals surface area contributed by atoms with Crippen LogP contribution in [-0.4, -0.2) is 19.9 Å². The van der Waals surface area contributed by atoms with E-state index in [1.165, 1.54) is 0 Å². The maximum Gasteiger partial charge on any atom is 0.108 e. The number of hydrogen-bond donors (Lipinski definition) is 0. The average Bonchev–Trinajstić information content (AvgIpc) is 2.62.